The van der Waals surface area contributed by atoms with Gasteiger partial charge < -0.3 is 9.88 Å². The number of para-hydroxylation sites is 1. The van der Waals surface area contributed by atoms with Gasteiger partial charge in [-0.15, -0.1) is 0 Å². The van der Waals surface area contributed by atoms with Gasteiger partial charge in [-0.25, -0.2) is 0 Å². The molecule has 0 fully saturated rings. The van der Waals surface area contributed by atoms with Gasteiger partial charge in [-0.2, -0.15) is 0 Å². The van der Waals surface area contributed by atoms with Crippen LogP contribution in [0.5, 0.6) is 0 Å². The lowest BCUT2D eigenvalue weighted by atomic mass is 10.0. The molecular weight excluding hydrogens is 224 g/mol. The zero-order chi connectivity index (χ0) is 12.7. The van der Waals surface area contributed by atoms with E-state index >= 15 is 0 Å². The lowest BCUT2D eigenvalue weighted by Crippen LogP contribution is -2.38. The largest absolute Gasteiger partial charge is 0.357 e. The molecule has 0 unspecified atom stereocenters. The highest BCUT2D eigenvalue weighted by Gasteiger charge is 2.24. The van der Waals surface area contributed by atoms with E-state index in [0.29, 0.717) is 0 Å². The summed E-state index contributed by atoms with van der Waals surface area (Å²) in [5.41, 5.74) is 3.77. The normalized spacial score (nSPS) is 15.2. The van der Waals surface area contributed by atoms with E-state index in [1.807, 2.05) is 24.8 Å². The van der Waals surface area contributed by atoms with Gasteiger partial charge in [-0.05, 0) is 18.1 Å². The number of nitrogens with zero attached hydrogens (tertiary/aromatic N) is 1. The Labute approximate surface area is 107 Å². The van der Waals surface area contributed by atoms with Gasteiger partial charge in [0, 0.05) is 29.1 Å². The summed E-state index contributed by atoms with van der Waals surface area (Å²) < 4.78 is 0. The third kappa shape index (κ3) is 1.70. The van der Waals surface area contributed by atoms with Crippen LogP contribution in [-0.4, -0.2) is 22.3 Å². The average molecular weight is 242 g/mol. The van der Waals surface area contributed by atoms with Crippen molar-refractivity contribution in [1.29, 1.82) is 0 Å². The molecule has 2 aromatic rings. The molecule has 1 aliphatic rings. The standard InChI is InChI=1S/C15H18N2O/c1-10(2)15(18)17-8-7-12-11-5-3-4-6-13(11)16-14(12)9-17/h3-6,10,16H,7-9H2,1-2H3. The van der Waals surface area contributed by atoms with Crippen molar-refractivity contribution in [3.8, 4) is 0 Å². The first-order valence-electron chi connectivity index (χ1n) is 6.54. The van der Waals surface area contributed by atoms with Gasteiger partial charge in [0.05, 0.1) is 6.54 Å². The molecule has 94 valence electrons. The Balaban J connectivity index is 1.96. The van der Waals surface area contributed by atoms with Gasteiger partial charge >= 0.3 is 0 Å². The Bertz CT molecular complexity index is 598. The number of rotatable bonds is 1. The second-order valence-electron chi connectivity index (χ2n) is 5.29. The molecule has 3 nitrogen and oxygen atoms in total. The van der Waals surface area contributed by atoms with E-state index in [-0.39, 0.29) is 11.8 Å². The topological polar surface area (TPSA) is 36.1 Å². The fourth-order valence-corrected chi connectivity index (χ4v) is 2.75. The second-order valence-corrected chi connectivity index (χ2v) is 5.29. The van der Waals surface area contributed by atoms with Crippen LogP contribution in [0, 0.1) is 5.92 Å². The highest BCUT2D eigenvalue weighted by Crippen LogP contribution is 2.27. The Hall–Kier alpha value is -1.77. The van der Waals surface area contributed by atoms with Crippen LogP contribution >= 0.6 is 0 Å². The van der Waals surface area contributed by atoms with E-state index in [9.17, 15) is 4.79 Å². The SMILES string of the molecule is CC(C)C(=O)N1CCc2c([nH]c3ccccc23)C1. The van der Waals surface area contributed by atoms with Gasteiger partial charge in [0.25, 0.3) is 0 Å². The lowest BCUT2D eigenvalue weighted by Gasteiger charge is -2.28. The molecule has 3 rings (SSSR count). The van der Waals surface area contributed by atoms with Gasteiger partial charge in [-0.3, -0.25) is 4.79 Å². The maximum atomic E-state index is 12.0. The number of carbonyl (C=O) groups excluding carboxylic acids is 1. The molecule has 0 atom stereocenters. The van der Waals surface area contributed by atoms with Crippen molar-refractivity contribution >= 4 is 16.8 Å². The zero-order valence-electron chi connectivity index (χ0n) is 10.9. The molecule has 0 radical (unpaired) electrons. The quantitative estimate of drug-likeness (QED) is 0.820. The molecule has 1 aliphatic heterocycles. The van der Waals surface area contributed by atoms with Crippen LogP contribution in [0.1, 0.15) is 25.1 Å². The highest BCUT2D eigenvalue weighted by atomic mass is 16.2. The summed E-state index contributed by atoms with van der Waals surface area (Å²) in [7, 11) is 0. The van der Waals surface area contributed by atoms with E-state index < -0.39 is 0 Å². The summed E-state index contributed by atoms with van der Waals surface area (Å²) >= 11 is 0. The van der Waals surface area contributed by atoms with Crippen molar-refractivity contribution in [2.24, 2.45) is 5.92 Å². The van der Waals surface area contributed by atoms with E-state index in [1.165, 1.54) is 22.2 Å². The molecule has 0 saturated carbocycles. The Morgan fingerprint density at radius 3 is 2.89 bits per heavy atom. The minimum absolute atomic E-state index is 0.0796. The van der Waals surface area contributed by atoms with Gasteiger partial charge in [-0.1, -0.05) is 32.0 Å². The molecular formula is C15H18N2O. The number of fused-ring (bicyclic) bond motifs is 3. The number of hydrogen-bond acceptors (Lipinski definition) is 1. The number of nitrogens with one attached hydrogen (secondary N) is 1. The monoisotopic (exact) mass is 242 g/mol. The van der Waals surface area contributed by atoms with Crippen LogP contribution in [0.2, 0.25) is 0 Å². The number of carbonyl (C=O) groups is 1. The number of benzene rings is 1. The fourth-order valence-electron chi connectivity index (χ4n) is 2.75. The molecule has 0 spiro atoms. The van der Waals surface area contributed by atoms with Gasteiger partial charge in [0.2, 0.25) is 5.91 Å². The average Bonchev–Trinajstić information content (AvgIpc) is 2.75. The van der Waals surface area contributed by atoms with E-state index in [4.69, 9.17) is 0 Å². The summed E-state index contributed by atoms with van der Waals surface area (Å²) in [4.78, 5) is 17.4. The van der Waals surface area contributed by atoms with Crippen LogP contribution in [0.15, 0.2) is 24.3 Å². The lowest BCUT2D eigenvalue weighted by molar-refractivity contribution is -0.135. The van der Waals surface area contributed by atoms with Crippen LogP contribution in [0.3, 0.4) is 0 Å². The molecule has 1 amide bonds. The Morgan fingerprint density at radius 2 is 2.11 bits per heavy atom. The third-order valence-corrected chi connectivity index (χ3v) is 3.69. The van der Waals surface area contributed by atoms with Crippen molar-refractivity contribution < 1.29 is 4.79 Å². The minimum atomic E-state index is 0.0796. The second kappa shape index (κ2) is 4.16. The van der Waals surface area contributed by atoms with Crippen LogP contribution in [-0.2, 0) is 17.8 Å². The van der Waals surface area contributed by atoms with Crippen LogP contribution < -0.4 is 0 Å². The van der Waals surface area contributed by atoms with Crippen molar-refractivity contribution in [2.45, 2.75) is 26.8 Å². The van der Waals surface area contributed by atoms with Gasteiger partial charge in [0.15, 0.2) is 0 Å². The molecule has 2 heterocycles. The third-order valence-electron chi connectivity index (χ3n) is 3.69. The Kier molecular flexibility index (Phi) is 2.62. The number of amides is 1. The number of aromatic amines is 1. The molecule has 1 aromatic heterocycles. The summed E-state index contributed by atoms with van der Waals surface area (Å²) in [6.07, 6.45) is 0.956. The highest BCUT2D eigenvalue weighted by molar-refractivity contribution is 5.85. The first-order chi connectivity index (χ1) is 8.66. The maximum absolute atomic E-state index is 12.0. The molecule has 18 heavy (non-hydrogen) atoms. The van der Waals surface area contributed by atoms with E-state index in [2.05, 4.69) is 23.2 Å². The van der Waals surface area contributed by atoms with Crippen molar-refractivity contribution in [3.63, 3.8) is 0 Å². The van der Waals surface area contributed by atoms with Crippen molar-refractivity contribution in [2.75, 3.05) is 6.54 Å². The Morgan fingerprint density at radius 1 is 1.33 bits per heavy atom. The van der Waals surface area contributed by atoms with Crippen molar-refractivity contribution in [3.05, 3.63) is 35.5 Å². The fraction of sp³-hybridized carbons (Fsp3) is 0.400. The molecule has 0 saturated heterocycles. The predicted molar refractivity (Wildman–Crippen MR) is 72.3 cm³/mol. The number of hydrogen-bond donors (Lipinski definition) is 1. The molecule has 0 bridgehead atoms. The predicted octanol–water partition coefficient (Wildman–Crippen LogP) is 2.71. The van der Waals surface area contributed by atoms with E-state index in [1.54, 1.807) is 0 Å². The molecule has 1 aromatic carbocycles. The number of aromatic nitrogens is 1. The molecule has 1 N–H and O–H groups in total. The molecule has 0 aliphatic carbocycles. The summed E-state index contributed by atoms with van der Waals surface area (Å²) in [6, 6.07) is 8.37. The zero-order valence-corrected chi connectivity index (χ0v) is 10.9. The first-order valence-corrected chi connectivity index (χ1v) is 6.54. The first kappa shape index (κ1) is 11.3. The van der Waals surface area contributed by atoms with E-state index in [0.717, 1.165) is 19.5 Å². The van der Waals surface area contributed by atoms with Crippen LogP contribution in [0.25, 0.3) is 10.9 Å². The summed E-state index contributed by atoms with van der Waals surface area (Å²) in [5.74, 6) is 0.329. The smallest absolute Gasteiger partial charge is 0.225 e. The summed E-state index contributed by atoms with van der Waals surface area (Å²) in [5, 5.41) is 1.31. The van der Waals surface area contributed by atoms with Crippen molar-refractivity contribution in [1.82, 2.24) is 9.88 Å². The van der Waals surface area contributed by atoms with Gasteiger partial charge in [0.1, 0.15) is 0 Å². The summed E-state index contributed by atoms with van der Waals surface area (Å²) in [6.45, 7) is 5.49. The van der Waals surface area contributed by atoms with Crippen LogP contribution in [0.4, 0.5) is 0 Å². The molecule has 3 heteroatoms. The number of H-pyrrole nitrogens is 1. The minimum Gasteiger partial charge on any atom is -0.357 e. The maximum Gasteiger partial charge on any atom is 0.225 e.